The molecule has 4 nitrogen and oxygen atoms in total. The van der Waals surface area contributed by atoms with Gasteiger partial charge < -0.3 is 0 Å². The van der Waals surface area contributed by atoms with Crippen LogP contribution in [-0.4, -0.2) is 19.7 Å². The van der Waals surface area contributed by atoms with Crippen LogP contribution in [0.2, 0.25) is 0 Å². The van der Waals surface area contributed by atoms with Gasteiger partial charge in [-0.15, -0.1) is 39.4 Å². The number of nitrogens with zero attached hydrogens (tertiary/aromatic N) is 4. The highest BCUT2D eigenvalue weighted by Crippen LogP contribution is 2.39. The third kappa shape index (κ3) is 4.51. The fourth-order valence-corrected chi connectivity index (χ4v) is 6.64. The molecule has 5 rings (SSSR count). The second-order valence-corrected chi connectivity index (χ2v) is 10.8. The number of aromatic nitrogens is 4. The van der Waals surface area contributed by atoms with E-state index in [1.165, 1.54) is 27.1 Å². The Morgan fingerprint density at radius 1 is 0.941 bits per heavy atom. The summed E-state index contributed by atoms with van der Waals surface area (Å²) in [5, 5.41) is 15.4. The van der Waals surface area contributed by atoms with Crippen LogP contribution in [0, 0.1) is 13.8 Å². The number of thiazole rings is 1. The van der Waals surface area contributed by atoms with Crippen molar-refractivity contribution in [1.29, 1.82) is 0 Å². The Hall–Kier alpha value is -3.00. The first-order valence-corrected chi connectivity index (χ1v) is 13.7. The standard InChI is InChI=1S/C27H24N4S3/c1-4-14-31-25(23-17-32-19(3)24(23)20-11-6-5-7-12-20)29-30-27(31)34-16-21-15-33-26(28-21)22-13-9-8-10-18(22)2/h4-13,15,17H,1,14,16H2,2-3H3. The lowest BCUT2D eigenvalue weighted by Gasteiger charge is -2.09. The van der Waals surface area contributed by atoms with E-state index in [4.69, 9.17) is 4.98 Å². The summed E-state index contributed by atoms with van der Waals surface area (Å²) < 4.78 is 2.15. The molecule has 2 aromatic carbocycles. The summed E-state index contributed by atoms with van der Waals surface area (Å²) in [6, 6.07) is 18.9. The topological polar surface area (TPSA) is 43.6 Å². The van der Waals surface area contributed by atoms with Gasteiger partial charge in [0.15, 0.2) is 11.0 Å². The number of hydrogen-bond donors (Lipinski definition) is 0. The molecule has 3 aromatic heterocycles. The molecule has 0 spiro atoms. The number of allylic oxidation sites excluding steroid dienone is 1. The predicted molar refractivity (Wildman–Crippen MR) is 146 cm³/mol. The molecule has 0 N–H and O–H groups in total. The van der Waals surface area contributed by atoms with Crippen LogP contribution in [0.1, 0.15) is 16.1 Å². The van der Waals surface area contributed by atoms with Gasteiger partial charge in [0, 0.05) is 44.6 Å². The van der Waals surface area contributed by atoms with Crippen molar-refractivity contribution in [3.63, 3.8) is 0 Å². The molecule has 0 aliphatic rings. The van der Waals surface area contributed by atoms with Crippen LogP contribution in [0.5, 0.6) is 0 Å². The molecule has 0 bridgehead atoms. The van der Waals surface area contributed by atoms with Crippen molar-refractivity contribution in [3.8, 4) is 33.1 Å². The lowest BCUT2D eigenvalue weighted by atomic mass is 10.0. The molecule has 170 valence electrons. The maximum absolute atomic E-state index is 4.88. The molecule has 0 saturated heterocycles. The van der Waals surface area contributed by atoms with E-state index in [9.17, 15) is 0 Å². The molecule has 0 aliphatic carbocycles. The minimum atomic E-state index is 0.652. The summed E-state index contributed by atoms with van der Waals surface area (Å²) in [6.07, 6.45) is 1.90. The second-order valence-electron chi connectivity index (χ2n) is 7.90. The van der Waals surface area contributed by atoms with E-state index in [0.717, 1.165) is 33.0 Å². The number of thioether (sulfide) groups is 1. The van der Waals surface area contributed by atoms with Gasteiger partial charge in [-0.2, -0.15) is 0 Å². The van der Waals surface area contributed by atoms with Gasteiger partial charge in [0.2, 0.25) is 0 Å². The van der Waals surface area contributed by atoms with Gasteiger partial charge in [-0.05, 0) is 25.0 Å². The largest absolute Gasteiger partial charge is 0.298 e. The van der Waals surface area contributed by atoms with E-state index in [-0.39, 0.29) is 0 Å². The van der Waals surface area contributed by atoms with Crippen molar-refractivity contribution in [2.45, 2.75) is 31.3 Å². The SMILES string of the molecule is C=CCn1c(SCc2csc(-c3ccccc3C)n2)nnc1-c1csc(C)c1-c1ccccc1. The third-order valence-electron chi connectivity index (χ3n) is 5.58. The number of hydrogen-bond acceptors (Lipinski definition) is 6. The quantitative estimate of drug-likeness (QED) is 0.160. The van der Waals surface area contributed by atoms with E-state index >= 15 is 0 Å². The van der Waals surface area contributed by atoms with Gasteiger partial charge in [0.25, 0.3) is 0 Å². The Morgan fingerprint density at radius 2 is 1.74 bits per heavy atom. The molecule has 0 saturated carbocycles. The molecule has 0 fully saturated rings. The van der Waals surface area contributed by atoms with E-state index in [1.807, 2.05) is 12.1 Å². The summed E-state index contributed by atoms with van der Waals surface area (Å²) in [7, 11) is 0. The van der Waals surface area contributed by atoms with Gasteiger partial charge in [-0.25, -0.2) is 4.98 Å². The Balaban J connectivity index is 1.42. The van der Waals surface area contributed by atoms with Crippen molar-refractivity contribution in [3.05, 3.63) is 94.1 Å². The molecule has 7 heteroatoms. The predicted octanol–water partition coefficient (Wildman–Crippen LogP) is 7.89. The zero-order chi connectivity index (χ0) is 23.5. The highest BCUT2D eigenvalue weighted by atomic mass is 32.2. The van der Waals surface area contributed by atoms with Crippen molar-refractivity contribution in [2.24, 2.45) is 0 Å². The van der Waals surface area contributed by atoms with Crippen molar-refractivity contribution in [2.75, 3.05) is 0 Å². The van der Waals surface area contributed by atoms with Crippen LogP contribution in [0.4, 0.5) is 0 Å². The fourth-order valence-electron chi connectivity index (χ4n) is 3.92. The van der Waals surface area contributed by atoms with E-state index in [1.54, 1.807) is 34.4 Å². The molecule has 0 atom stereocenters. The molecule has 0 radical (unpaired) electrons. The number of aryl methyl sites for hydroxylation is 2. The highest BCUT2D eigenvalue weighted by molar-refractivity contribution is 7.98. The fraction of sp³-hybridized carbons (Fsp3) is 0.148. The molecule has 0 aliphatic heterocycles. The molecule has 3 heterocycles. The van der Waals surface area contributed by atoms with Crippen molar-refractivity contribution in [1.82, 2.24) is 19.7 Å². The molecular formula is C27H24N4S3. The first kappa shape index (κ1) is 22.8. The Labute approximate surface area is 212 Å². The van der Waals surface area contributed by atoms with Crippen LogP contribution in [0.15, 0.2) is 83.2 Å². The molecular weight excluding hydrogens is 477 g/mol. The first-order valence-electron chi connectivity index (χ1n) is 11.0. The Kier molecular flexibility index (Phi) is 6.76. The maximum atomic E-state index is 4.88. The zero-order valence-corrected chi connectivity index (χ0v) is 21.5. The first-order chi connectivity index (χ1) is 16.7. The van der Waals surface area contributed by atoms with Crippen LogP contribution < -0.4 is 0 Å². The number of rotatable bonds is 8. The van der Waals surface area contributed by atoms with Gasteiger partial charge in [0.1, 0.15) is 5.01 Å². The monoisotopic (exact) mass is 500 g/mol. The average Bonchev–Trinajstić information content (AvgIpc) is 3.58. The lowest BCUT2D eigenvalue weighted by molar-refractivity contribution is 0.731. The molecule has 0 unspecified atom stereocenters. The lowest BCUT2D eigenvalue weighted by Crippen LogP contribution is -2.01. The van der Waals surface area contributed by atoms with Gasteiger partial charge in [0.05, 0.1) is 5.69 Å². The van der Waals surface area contributed by atoms with Gasteiger partial charge in [-0.1, -0.05) is 72.4 Å². The third-order valence-corrected chi connectivity index (χ3v) is 8.42. The number of benzene rings is 2. The van der Waals surface area contributed by atoms with Crippen LogP contribution >= 0.6 is 34.4 Å². The minimum Gasteiger partial charge on any atom is -0.298 e. The van der Waals surface area contributed by atoms with Crippen molar-refractivity contribution < 1.29 is 0 Å². The van der Waals surface area contributed by atoms with Crippen molar-refractivity contribution >= 4 is 34.4 Å². The second kappa shape index (κ2) is 10.1. The summed E-state index contributed by atoms with van der Waals surface area (Å²) in [5.41, 5.74) is 7.03. The average molecular weight is 501 g/mol. The summed E-state index contributed by atoms with van der Waals surface area (Å²) in [6.45, 7) is 8.91. The summed E-state index contributed by atoms with van der Waals surface area (Å²) in [5.74, 6) is 1.62. The summed E-state index contributed by atoms with van der Waals surface area (Å²) in [4.78, 5) is 6.15. The molecule has 0 amide bonds. The number of thiophene rings is 1. The van der Waals surface area contributed by atoms with Crippen LogP contribution in [0.3, 0.4) is 0 Å². The van der Waals surface area contributed by atoms with E-state index < -0.39 is 0 Å². The van der Waals surface area contributed by atoms with E-state index in [2.05, 4.69) is 94.5 Å². The smallest absolute Gasteiger partial charge is 0.192 e. The zero-order valence-electron chi connectivity index (χ0n) is 19.1. The molecule has 34 heavy (non-hydrogen) atoms. The minimum absolute atomic E-state index is 0.652. The normalized spacial score (nSPS) is 11.1. The van der Waals surface area contributed by atoms with Crippen LogP contribution in [-0.2, 0) is 12.3 Å². The summed E-state index contributed by atoms with van der Waals surface area (Å²) >= 11 is 5.10. The molecule has 5 aromatic rings. The van der Waals surface area contributed by atoms with E-state index in [0.29, 0.717) is 6.54 Å². The Morgan fingerprint density at radius 3 is 2.53 bits per heavy atom. The van der Waals surface area contributed by atoms with Gasteiger partial charge >= 0.3 is 0 Å². The van der Waals surface area contributed by atoms with Crippen LogP contribution in [0.25, 0.3) is 33.1 Å². The maximum Gasteiger partial charge on any atom is 0.192 e. The van der Waals surface area contributed by atoms with Gasteiger partial charge in [-0.3, -0.25) is 4.57 Å². The Bertz CT molecular complexity index is 1430. The highest BCUT2D eigenvalue weighted by Gasteiger charge is 2.20.